The molecule has 24 heavy (non-hydrogen) atoms. The molecule has 4 rings (SSSR count). The monoisotopic (exact) mass is 321 g/mol. The molecule has 2 aliphatic rings. The normalized spacial score (nSPS) is 22.0. The van der Waals surface area contributed by atoms with Gasteiger partial charge in [-0.25, -0.2) is 4.98 Å². The Kier molecular flexibility index (Phi) is 4.79. The van der Waals surface area contributed by atoms with E-state index in [1.165, 1.54) is 55.6 Å². The molecule has 0 aliphatic carbocycles. The number of nitrogens with zero attached hydrogens (tertiary/aromatic N) is 3. The molecule has 0 saturated carbocycles. The highest BCUT2D eigenvalue weighted by Crippen LogP contribution is 2.37. The minimum Gasteiger partial charge on any atom is -0.356 e. The second kappa shape index (κ2) is 7.35. The van der Waals surface area contributed by atoms with Gasteiger partial charge < -0.3 is 4.90 Å². The molecule has 2 fully saturated rings. The van der Waals surface area contributed by atoms with Gasteiger partial charge in [0.15, 0.2) is 0 Å². The maximum Gasteiger partial charge on any atom is 0.133 e. The van der Waals surface area contributed by atoms with Crippen LogP contribution in [-0.2, 0) is 6.54 Å². The van der Waals surface area contributed by atoms with Gasteiger partial charge >= 0.3 is 0 Å². The summed E-state index contributed by atoms with van der Waals surface area (Å²) >= 11 is 0. The summed E-state index contributed by atoms with van der Waals surface area (Å²) in [4.78, 5) is 9.94. The quantitative estimate of drug-likeness (QED) is 0.831. The summed E-state index contributed by atoms with van der Waals surface area (Å²) in [6.45, 7) is 4.55. The Hall–Kier alpha value is -1.87. The lowest BCUT2D eigenvalue weighted by atomic mass is 10.0. The Morgan fingerprint density at radius 3 is 2.54 bits per heavy atom. The van der Waals surface area contributed by atoms with Gasteiger partial charge in [0.25, 0.3) is 0 Å². The first-order valence-corrected chi connectivity index (χ1v) is 9.40. The molecular weight excluding hydrogens is 294 g/mol. The highest BCUT2D eigenvalue weighted by molar-refractivity contribution is 5.49. The van der Waals surface area contributed by atoms with Gasteiger partial charge in [-0.3, -0.25) is 4.90 Å². The number of likely N-dealkylation sites (tertiary alicyclic amines) is 1. The first kappa shape index (κ1) is 15.6. The number of pyridine rings is 1. The summed E-state index contributed by atoms with van der Waals surface area (Å²) < 4.78 is 0. The molecule has 2 saturated heterocycles. The van der Waals surface area contributed by atoms with Gasteiger partial charge in [0.1, 0.15) is 5.82 Å². The summed E-state index contributed by atoms with van der Waals surface area (Å²) in [5.41, 5.74) is 2.85. The van der Waals surface area contributed by atoms with Gasteiger partial charge in [0.05, 0.1) is 0 Å². The molecule has 1 aromatic carbocycles. The molecule has 3 heteroatoms. The molecule has 0 N–H and O–H groups in total. The third-order valence-electron chi connectivity index (χ3n) is 5.42. The third-order valence-corrected chi connectivity index (χ3v) is 5.42. The third kappa shape index (κ3) is 3.32. The minimum absolute atomic E-state index is 0.510. The Balaban J connectivity index is 1.58. The Bertz CT molecular complexity index is 649. The van der Waals surface area contributed by atoms with Crippen molar-refractivity contribution in [1.29, 1.82) is 0 Å². The molecule has 0 spiro atoms. The maximum atomic E-state index is 4.79. The molecule has 1 aromatic heterocycles. The summed E-state index contributed by atoms with van der Waals surface area (Å²) in [7, 11) is 0. The van der Waals surface area contributed by atoms with Crippen LogP contribution in [0, 0.1) is 0 Å². The lowest BCUT2D eigenvalue weighted by Gasteiger charge is -2.33. The fourth-order valence-electron chi connectivity index (χ4n) is 4.22. The van der Waals surface area contributed by atoms with Crippen molar-refractivity contribution in [3.05, 3.63) is 59.8 Å². The number of hydrogen-bond donors (Lipinski definition) is 0. The molecule has 2 aromatic rings. The number of hydrogen-bond acceptors (Lipinski definition) is 3. The summed E-state index contributed by atoms with van der Waals surface area (Å²) in [6, 6.07) is 15.8. The van der Waals surface area contributed by atoms with Crippen LogP contribution in [0.4, 0.5) is 5.82 Å². The van der Waals surface area contributed by atoms with E-state index in [1.807, 2.05) is 6.20 Å². The largest absolute Gasteiger partial charge is 0.356 e. The first-order valence-electron chi connectivity index (χ1n) is 9.40. The Morgan fingerprint density at radius 1 is 0.875 bits per heavy atom. The second-order valence-electron chi connectivity index (χ2n) is 7.08. The summed E-state index contributed by atoms with van der Waals surface area (Å²) in [5, 5.41) is 0. The van der Waals surface area contributed by atoms with Crippen molar-refractivity contribution in [3.63, 3.8) is 0 Å². The predicted molar refractivity (Wildman–Crippen MR) is 99.1 cm³/mol. The summed E-state index contributed by atoms with van der Waals surface area (Å²) in [6.07, 6.45) is 8.46. The van der Waals surface area contributed by atoms with E-state index in [4.69, 9.17) is 4.98 Å². The van der Waals surface area contributed by atoms with Crippen LogP contribution < -0.4 is 4.90 Å². The van der Waals surface area contributed by atoms with Crippen LogP contribution in [0.5, 0.6) is 0 Å². The van der Waals surface area contributed by atoms with E-state index in [0.717, 1.165) is 19.6 Å². The highest BCUT2D eigenvalue weighted by Gasteiger charge is 2.29. The van der Waals surface area contributed by atoms with E-state index in [-0.39, 0.29) is 0 Å². The smallest absolute Gasteiger partial charge is 0.133 e. The van der Waals surface area contributed by atoms with Crippen LogP contribution in [0.2, 0.25) is 0 Å². The van der Waals surface area contributed by atoms with Crippen molar-refractivity contribution in [1.82, 2.24) is 9.88 Å². The zero-order valence-electron chi connectivity index (χ0n) is 14.4. The van der Waals surface area contributed by atoms with Gasteiger partial charge in [-0.1, -0.05) is 36.4 Å². The van der Waals surface area contributed by atoms with Gasteiger partial charge in [-0.05, 0) is 50.3 Å². The van der Waals surface area contributed by atoms with E-state index in [0.29, 0.717) is 6.04 Å². The number of aromatic nitrogens is 1. The van der Waals surface area contributed by atoms with E-state index >= 15 is 0 Å². The van der Waals surface area contributed by atoms with Crippen LogP contribution in [-0.4, -0.2) is 29.5 Å². The van der Waals surface area contributed by atoms with Crippen LogP contribution in [0.25, 0.3) is 0 Å². The highest BCUT2D eigenvalue weighted by atomic mass is 15.2. The van der Waals surface area contributed by atoms with Crippen molar-refractivity contribution in [2.45, 2.75) is 44.7 Å². The summed E-state index contributed by atoms with van der Waals surface area (Å²) in [5.74, 6) is 1.24. The SMILES string of the molecule is c1ccc(CN2CCC[C@H]2c2cccnc2N2CCCCC2)cc1. The minimum atomic E-state index is 0.510. The number of piperidine rings is 1. The Labute approximate surface area is 145 Å². The average molecular weight is 321 g/mol. The number of rotatable bonds is 4. The van der Waals surface area contributed by atoms with E-state index < -0.39 is 0 Å². The zero-order valence-corrected chi connectivity index (χ0v) is 14.4. The fourth-order valence-corrected chi connectivity index (χ4v) is 4.22. The van der Waals surface area contributed by atoms with Crippen LogP contribution in [0.15, 0.2) is 48.7 Å². The van der Waals surface area contributed by atoms with E-state index in [9.17, 15) is 0 Å². The predicted octanol–water partition coefficient (Wildman–Crippen LogP) is 4.41. The molecule has 0 radical (unpaired) electrons. The van der Waals surface area contributed by atoms with Gasteiger partial charge in [-0.15, -0.1) is 0 Å². The molecule has 126 valence electrons. The number of anilines is 1. The maximum absolute atomic E-state index is 4.79. The van der Waals surface area contributed by atoms with Crippen LogP contribution >= 0.6 is 0 Å². The molecule has 0 bridgehead atoms. The van der Waals surface area contributed by atoms with Crippen molar-refractivity contribution >= 4 is 5.82 Å². The molecule has 0 unspecified atom stereocenters. The molecule has 0 amide bonds. The lowest BCUT2D eigenvalue weighted by Crippen LogP contribution is -2.32. The number of benzene rings is 1. The topological polar surface area (TPSA) is 19.4 Å². The fraction of sp³-hybridized carbons (Fsp3) is 0.476. The van der Waals surface area contributed by atoms with Gasteiger partial charge in [0.2, 0.25) is 0 Å². The average Bonchev–Trinajstić information content (AvgIpc) is 3.11. The molecular formula is C21H27N3. The van der Waals surface area contributed by atoms with Gasteiger partial charge in [0, 0.05) is 37.4 Å². The first-order chi connectivity index (χ1) is 11.9. The van der Waals surface area contributed by atoms with Crippen molar-refractivity contribution in [2.75, 3.05) is 24.5 Å². The van der Waals surface area contributed by atoms with Crippen molar-refractivity contribution in [2.24, 2.45) is 0 Å². The second-order valence-corrected chi connectivity index (χ2v) is 7.08. The standard InChI is InChI=1S/C21H27N3/c1-3-9-18(10-4-1)17-24-16-8-12-20(24)19-11-7-13-22-21(19)23-14-5-2-6-15-23/h1,3-4,7,9-11,13,20H,2,5-6,8,12,14-17H2/t20-/m0/s1. The lowest BCUT2D eigenvalue weighted by molar-refractivity contribution is 0.248. The Morgan fingerprint density at radius 2 is 1.71 bits per heavy atom. The van der Waals surface area contributed by atoms with E-state index in [1.54, 1.807) is 0 Å². The van der Waals surface area contributed by atoms with Crippen LogP contribution in [0.1, 0.15) is 49.3 Å². The molecule has 1 atom stereocenters. The van der Waals surface area contributed by atoms with Crippen molar-refractivity contribution in [3.8, 4) is 0 Å². The molecule has 2 aliphatic heterocycles. The van der Waals surface area contributed by atoms with Crippen LogP contribution in [0.3, 0.4) is 0 Å². The molecule has 3 heterocycles. The molecule has 3 nitrogen and oxygen atoms in total. The van der Waals surface area contributed by atoms with Gasteiger partial charge in [-0.2, -0.15) is 0 Å². The zero-order chi connectivity index (χ0) is 16.2. The van der Waals surface area contributed by atoms with E-state index in [2.05, 4.69) is 52.3 Å². The van der Waals surface area contributed by atoms with Crippen molar-refractivity contribution < 1.29 is 0 Å².